The van der Waals surface area contributed by atoms with E-state index in [9.17, 15) is 14.9 Å². The molecule has 8 heteroatoms. The molecule has 1 atom stereocenters. The van der Waals surface area contributed by atoms with Gasteiger partial charge in [0.2, 0.25) is 5.91 Å². The lowest BCUT2D eigenvalue weighted by atomic mass is 10.1. The van der Waals surface area contributed by atoms with Crippen LogP contribution in [0.5, 0.6) is 0 Å². The molecule has 182 valence electrons. The second-order valence-electron chi connectivity index (χ2n) is 8.24. The molecular weight excluding hydrogens is 513 g/mol. The fourth-order valence-electron chi connectivity index (χ4n) is 3.91. The van der Waals surface area contributed by atoms with Crippen molar-refractivity contribution in [2.24, 2.45) is 0 Å². The molecule has 3 aromatic carbocycles. The number of hydrogen-bond acceptors (Lipinski definition) is 4. The number of nitrogens with one attached hydrogen (secondary N) is 1. The predicted octanol–water partition coefficient (Wildman–Crippen LogP) is 6.30. The third-order valence-corrected chi connectivity index (χ3v) is 7.45. The lowest BCUT2D eigenvalue weighted by Crippen LogP contribution is -2.32. The van der Waals surface area contributed by atoms with E-state index in [2.05, 4.69) is 5.32 Å². The molecule has 1 fully saturated rings. The van der Waals surface area contributed by atoms with Crippen LogP contribution in [0, 0.1) is 11.3 Å². The Hall–Kier alpha value is -3.24. The monoisotopic (exact) mass is 535 g/mol. The molecule has 1 aliphatic rings. The number of rotatable bonds is 7. The number of nitriles is 1. The SMILES string of the molecule is CCc1ccc(N2C(=O)C(Cc3cc(Cl)cc(Cl)c3)S/C2=C(/C#N)C(=O)NCc2ccccc2)cc1. The lowest BCUT2D eigenvalue weighted by molar-refractivity contribution is -0.117. The highest BCUT2D eigenvalue weighted by Gasteiger charge is 2.40. The maximum Gasteiger partial charge on any atom is 0.264 e. The maximum atomic E-state index is 13.6. The summed E-state index contributed by atoms with van der Waals surface area (Å²) in [4.78, 5) is 28.2. The number of nitrogens with zero attached hydrogens (tertiary/aromatic N) is 2. The molecule has 1 saturated heterocycles. The van der Waals surface area contributed by atoms with Gasteiger partial charge in [0, 0.05) is 22.3 Å². The zero-order valence-corrected chi connectivity index (χ0v) is 21.8. The van der Waals surface area contributed by atoms with E-state index in [-0.39, 0.29) is 18.0 Å². The Bertz CT molecular complexity index is 1330. The quantitative estimate of drug-likeness (QED) is 0.284. The van der Waals surface area contributed by atoms with Crippen LogP contribution in [-0.2, 0) is 29.0 Å². The second kappa shape index (κ2) is 11.7. The molecule has 5 nitrogen and oxygen atoms in total. The number of amides is 2. The van der Waals surface area contributed by atoms with E-state index < -0.39 is 11.2 Å². The number of aryl methyl sites for hydroxylation is 1. The van der Waals surface area contributed by atoms with Crippen molar-refractivity contribution in [2.45, 2.75) is 31.6 Å². The predicted molar refractivity (Wildman–Crippen MR) is 146 cm³/mol. The summed E-state index contributed by atoms with van der Waals surface area (Å²) in [6.45, 7) is 2.32. The Morgan fingerprint density at radius 3 is 2.28 bits per heavy atom. The average molecular weight is 536 g/mol. The van der Waals surface area contributed by atoms with Crippen molar-refractivity contribution in [3.63, 3.8) is 0 Å². The van der Waals surface area contributed by atoms with E-state index in [1.165, 1.54) is 16.7 Å². The highest BCUT2D eigenvalue weighted by atomic mass is 35.5. The number of halogens is 2. The van der Waals surface area contributed by atoms with Crippen molar-refractivity contribution in [3.8, 4) is 6.07 Å². The van der Waals surface area contributed by atoms with Gasteiger partial charge in [0.15, 0.2) is 0 Å². The summed E-state index contributed by atoms with van der Waals surface area (Å²) in [6, 6.07) is 24.2. The van der Waals surface area contributed by atoms with Crippen LogP contribution in [0.4, 0.5) is 5.69 Å². The smallest absolute Gasteiger partial charge is 0.264 e. The normalized spacial score (nSPS) is 16.6. The van der Waals surface area contributed by atoms with Gasteiger partial charge in [0.25, 0.3) is 5.91 Å². The van der Waals surface area contributed by atoms with E-state index in [1.807, 2.05) is 67.6 Å². The van der Waals surface area contributed by atoms with Gasteiger partial charge in [-0.3, -0.25) is 14.5 Å². The Balaban J connectivity index is 1.68. The van der Waals surface area contributed by atoms with E-state index >= 15 is 0 Å². The minimum atomic E-state index is -0.550. The van der Waals surface area contributed by atoms with Gasteiger partial charge < -0.3 is 5.32 Å². The molecule has 2 amide bonds. The number of thioether (sulfide) groups is 1. The van der Waals surface area contributed by atoms with Crippen LogP contribution >= 0.6 is 35.0 Å². The van der Waals surface area contributed by atoms with E-state index in [4.69, 9.17) is 23.2 Å². The molecule has 0 spiro atoms. The van der Waals surface area contributed by atoms with Crippen LogP contribution < -0.4 is 10.2 Å². The van der Waals surface area contributed by atoms with Crippen LogP contribution in [0.1, 0.15) is 23.6 Å². The van der Waals surface area contributed by atoms with Crippen molar-refractivity contribution < 1.29 is 9.59 Å². The van der Waals surface area contributed by atoms with Gasteiger partial charge in [0.1, 0.15) is 16.7 Å². The first kappa shape index (κ1) is 25.8. The van der Waals surface area contributed by atoms with E-state index in [1.54, 1.807) is 18.2 Å². The molecule has 0 saturated carbocycles. The number of hydrogen-bond donors (Lipinski definition) is 1. The Morgan fingerprint density at radius 2 is 1.67 bits per heavy atom. The molecule has 1 aliphatic heterocycles. The first-order valence-electron chi connectivity index (χ1n) is 11.4. The topological polar surface area (TPSA) is 73.2 Å². The first-order chi connectivity index (χ1) is 17.4. The molecule has 1 N–H and O–H groups in total. The molecule has 0 aromatic heterocycles. The molecule has 3 aromatic rings. The molecule has 0 aliphatic carbocycles. The van der Waals surface area contributed by atoms with Gasteiger partial charge in [0.05, 0.1) is 5.25 Å². The summed E-state index contributed by atoms with van der Waals surface area (Å²) in [5, 5.41) is 13.5. The summed E-state index contributed by atoms with van der Waals surface area (Å²) in [5.41, 5.74) is 3.33. The highest BCUT2D eigenvalue weighted by molar-refractivity contribution is 8.05. The molecule has 1 heterocycles. The van der Waals surface area contributed by atoms with Gasteiger partial charge >= 0.3 is 0 Å². The van der Waals surface area contributed by atoms with Crippen LogP contribution in [0.15, 0.2) is 83.4 Å². The van der Waals surface area contributed by atoms with Gasteiger partial charge in [-0.1, -0.05) is 84.4 Å². The first-order valence-corrected chi connectivity index (χ1v) is 13.0. The molecule has 0 radical (unpaired) electrons. The van der Waals surface area contributed by atoms with Crippen LogP contribution in [0.25, 0.3) is 0 Å². The Kier molecular flexibility index (Phi) is 8.37. The number of anilines is 1. The molecule has 1 unspecified atom stereocenters. The van der Waals surface area contributed by atoms with Gasteiger partial charge in [-0.05, 0) is 59.9 Å². The number of benzene rings is 3. The number of carbonyl (C=O) groups is 2. The fourth-order valence-corrected chi connectivity index (χ4v) is 5.79. The third-order valence-electron chi connectivity index (χ3n) is 5.75. The molecule has 4 rings (SSSR count). The zero-order chi connectivity index (χ0) is 25.7. The fraction of sp³-hybridized carbons (Fsp3) is 0.179. The van der Waals surface area contributed by atoms with Crippen molar-refractivity contribution >= 4 is 52.5 Å². The molecule has 36 heavy (non-hydrogen) atoms. The van der Waals surface area contributed by atoms with Crippen LogP contribution in [0.3, 0.4) is 0 Å². The van der Waals surface area contributed by atoms with Gasteiger partial charge in [-0.15, -0.1) is 0 Å². The lowest BCUT2D eigenvalue weighted by Gasteiger charge is -2.19. The summed E-state index contributed by atoms with van der Waals surface area (Å²) in [7, 11) is 0. The van der Waals surface area contributed by atoms with Crippen molar-refractivity contribution in [1.82, 2.24) is 5.32 Å². The summed E-state index contributed by atoms with van der Waals surface area (Å²) >= 11 is 13.5. The zero-order valence-electron chi connectivity index (χ0n) is 19.5. The highest BCUT2D eigenvalue weighted by Crippen LogP contribution is 2.42. The summed E-state index contributed by atoms with van der Waals surface area (Å²) in [6.07, 6.45) is 1.20. The molecule has 0 bridgehead atoms. The largest absolute Gasteiger partial charge is 0.347 e. The second-order valence-corrected chi connectivity index (χ2v) is 10.3. The Morgan fingerprint density at radius 1 is 1.00 bits per heavy atom. The number of carbonyl (C=O) groups excluding carboxylic acids is 2. The summed E-state index contributed by atoms with van der Waals surface area (Å²) in [5.74, 6) is -0.739. The van der Waals surface area contributed by atoms with Crippen LogP contribution in [0.2, 0.25) is 10.0 Å². The van der Waals surface area contributed by atoms with Crippen LogP contribution in [-0.4, -0.2) is 17.1 Å². The minimum Gasteiger partial charge on any atom is -0.347 e. The molecular formula is C28H23Cl2N3O2S. The minimum absolute atomic E-state index is 0.101. The average Bonchev–Trinajstić information content (AvgIpc) is 3.18. The standard InChI is InChI=1S/C28H23Cl2N3O2S/c1-2-18-8-10-23(11-9-18)33-27(35)25(14-20-12-21(29)15-22(30)13-20)36-28(33)24(16-31)26(34)32-17-19-6-4-3-5-7-19/h3-13,15,25H,2,14,17H2,1H3,(H,32,34)/b28-24-. The third kappa shape index (κ3) is 5.93. The van der Waals surface area contributed by atoms with Crippen molar-refractivity contribution in [2.75, 3.05) is 4.90 Å². The van der Waals surface area contributed by atoms with Gasteiger partial charge in [-0.25, -0.2) is 0 Å². The van der Waals surface area contributed by atoms with E-state index in [0.717, 1.165) is 23.1 Å². The summed E-state index contributed by atoms with van der Waals surface area (Å²) < 4.78 is 0. The van der Waals surface area contributed by atoms with Gasteiger partial charge in [-0.2, -0.15) is 5.26 Å². The van der Waals surface area contributed by atoms with Crippen molar-refractivity contribution in [1.29, 1.82) is 5.26 Å². The van der Waals surface area contributed by atoms with E-state index in [0.29, 0.717) is 27.2 Å². The Labute approximate surface area is 224 Å². The van der Waals surface area contributed by atoms with Crippen molar-refractivity contribution in [3.05, 3.63) is 110 Å². The maximum absolute atomic E-state index is 13.6.